The summed E-state index contributed by atoms with van der Waals surface area (Å²) in [6.07, 6.45) is 2.93. The third kappa shape index (κ3) is 8.16. The SMILES string of the molecule is CCC[C@H](NC(=O)[C@@H]1C[C@]2(CC(c3cccc(Cl)c3)=NO2)CN1C(=O)[C@@H](CC(=O)NC(C)C)C(C)C)C(=O)C(=O)NC1CC1. The third-order valence-corrected chi connectivity index (χ3v) is 8.54. The molecule has 3 N–H and O–H groups in total. The molecule has 44 heavy (non-hydrogen) atoms. The molecule has 0 radical (unpaired) electrons. The number of hydrogen-bond donors (Lipinski definition) is 3. The van der Waals surface area contributed by atoms with Crippen LogP contribution in [0, 0.1) is 11.8 Å². The summed E-state index contributed by atoms with van der Waals surface area (Å²) in [5, 5.41) is 13.2. The Hall–Kier alpha value is -3.47. The van der Waals surface area contributed by atoms with Crippen molar-refractivity contribution in [3.8, 4) is 0 Å². The second kappa shape index (κ2) is 14.1. The van der Waals surface area contributed by atoms with Crippen LogP contribution in [0.2, 0.25) is 5.02 Å². The lowest BCUT2D eigenvalue weighted by molar-refractivity contribution is -0.146. The molecule has 1 spiro atoms. The Labute approximate surface area is 263 Å². The van der Waals surface area contributed by atoms with Gasteiger partial charge in [0.25, 0.3) is 5.91 Å². The predicted molar refractivity (Wildman–Crippen MR) is 166 cm³/mol. The van der Waals surface area contributed by atoms with E-state index in [2.05, 4.69) is 21.1 Å². The maximum atomic E-state index is 14.2. The normalized spacial score (nSPS) is 22.4. The average Bonchev–Trinajstić information content (AvgIpc) is 3.55. The van der Waals surface area contributed by atoms with E-state index in [-0.39, 0.29) is 55.6 Å². The lowest BCUT2D eigenvalue weighted by Gasteiger charge is -2.30. The molecule has 3 aliphatic rings. The van der Waals surface area contributed by atoms with E-state index in [0.717, 1.165) is 18.4 Å². The molecular weight excluding hydrogens is 586 g/mol. The van der Waals surface area contributed by atoms with Crippen molar-refractivity contribution in [2.75, 3.05) is 6.54 Å². The summed E-state index contributed by atoms with van der Waals surface area (Å²) in [5.41, 5.74) is 0.444. The van der Waals surface area contributed by atoms with Crippen LogP contribution >= 0.6 is 11.6 Å². The number of amides is 4. The van der Waals surface area contributed by atoms with Crippen LogP contribution in [0.15, 0.2) is 29.4 Å². The van der Waals surface area contributed by atoms with E-state index >= 15 is 0 Å². The molecule has 4 rings (SSSR count). The van der Waals surface area contributed by atoms with E-state index in [1.54, 1.807) is 12.1 Å². The van der Waals surface area contributed by atoms with Crippen molar-refractivity contribution in [2.45, 2.75) is 109 Å². The molecule has 1 saturated heterocycles. The molecule has 4 atom stereocenters. The Bertz CT molecular complexity index is 1310. The van der Waals surface area contributed by atoms with Crippen molar-refractivity contribution in [3.05, 3.63) is 34.9 Å². The number of rotatable bonds is 13. The number of halogens is 1. The Morgan fingerprint density at radius 3 is 2.45 bits per heavy atom. The zero-order valence-electron chi connectivity index (χ0n) is 26.2. The minimum Gasteiger partial charge on any atom is -0.387 e. The van der Waals surface area contributed by atoms with Crippen LogP contribution in [0.1, 0.15) is 85.1 Å². The molecule has 0 aromatic heterocycles. The summed E-state index contributed by atoms with van der Waals surface area (Å²) < 4.78 is 0. The van der Waals surface area contributed by atoms with Gasteiger partial charge in [-0.3, -0.25) is 24.0 Å². The third-order valence-electron chi connectivity index (χ3n) is 8.31. The number of carbonyl (C=O) groups excluding carboxylic acids is 5. The molecule has 1 aromatic carbocycles. The molecule has 0 unspecified atom stereocenters. The number of benzene rings is 1. The van der Waals surface area contributed by atoms with Gasteiger partial charge in [0.1, 0.15) is 6.04 Å². The summed E-state index contributed by atoms with van der Waals surface area (Å²) in [5.74, 6) is -3.43. The maximum absolute atomic E-state index is 14.2. The standard InChI is InChI=1S/C32H44ClN5O6/c1-6-8-24(28(40)30(42)35-22-11-12-22)36-29(41)26-16-32(15-25(37-44-32)20-9-7-10-21(33)13-20)17-38(26)31(43)23(18(2)3)14-27(39)34-19(4)5/h7,9-10,13,18-19,22-24,26H,6,8,11-12,14-17H2,1-5H3,(H,34,39)(H,35,42)(H,36,41)/t23-,24-,26-,32+/m0/s1. The highest BCUT2D eigenvalue weighted by atomic mass is 35.5. The molecule has 1 aliphatic carbocycles. The largest absolute Gasteiger partial charge is 0.387 e. The minimum atomic E-state index is -1.03. The molecule has 1 aromatic rings. The van der Waals surface area contributed by atoms with Gasteiger partial charge in [-0.25, -0.2) is 0 Å². The van der Waals surface area contributed by atoms with Gasteiger partial charge in [0.15, 0.2) is 5.60 Å². The first-order valence-electron chi connectivity index (χ1n) is 15.6. The van der Waals surface area contributed by atoms with Crippen LogP contribution in [-0.4, -0.2) is 76.3 Å². The van der Waals surface area contributed by atoms with Gasteiger partial charge in [-0.1, -0.05) is 56.1 Å². The number of nitrogens with one attached hydrogen (secondary N) is 3. The van der Waals surface area contributed by atoms with E-state index in [0.29, 0.717) is 23.6 Å². The summed E-state index contributed by atoms with van der Waals surface area (Å²) in [4.78, 5) is 73.9. The highest BCUT2D eigenvalue weighted by Gasteiger charge is 2.55. The fourth-order valence-corrected chi connectivity index (χ4v) is 6.01. The summed E-state index contributed by atoms with van der Waals surface area (Å²) >= 11 is 6.20. The smallest absolute Gasteiger partial charge is 0.289 e. The van der Waals surface area contributed by atoms with E-state index in [1.807, 2.05) is 46.8 Å². The van der Waals surface area contributed by atoms with Gasteiger partial charge in [-0.15, -0.1) is 0 Å². The fourth-order valence-electron chi connectivity index (χ4n) is 5.82. The average molecular weight is 630 g/mol. The minimum absolute atomic E-state index is 0.00120. The molecule has 1 saturated carbocycles. The number of Topliss-reactive ketones (excluding diaryl/α,β-unsaturated/α-hetero) is 1. The number of likely N-dealkylation sites (tertiary alicyclic amines) is 1. The predicted octanol–water partition coefficient (Wildman–Crippen LogP) is 3.12. The first-order chi connectivity index (χ1) is 20.8. The van der Waals surface area contributed by atoms with Crippen LogP contribution in [0.5, 0.6) is 0 Å². The molecule has 12 heteroatoms. The molecule has 2 fully saturated rings. The number of oxime groups is 1. The molecular formula is C32H44ClN5O6. The molecule has 2 aliphatic heterocycles. The Morgan fingerprint density at radius 2 is 1.84 bits per heavy atom. The number of hydrogen-bond acceptors (Lipinski definition) is 7. The Kier molecular flexibility index (Phi) is 10.7. The van der Waals surface area contributed by atoms with Crippen molar-refractivity contribution in [1.82, 2.24) is 20.9 Å². The van der Waals surface area contributed by atoms with E-state index in [9.17, 15) is 24.0 Å². The summed E-state index contributed by atoms with van der Waals surface area (Å²) in [6, 6.07) is 5.11. The summed E-state index contributed by atoms with van der Waals surface area (Å²) in [6.45, 7) is 9.37. The van der Waals surface area contributed by atoms with Gasteiger partial charge < -0.3 is 25.7 Å². The number of carbonyl (C=O) groups is 5. The second-order valence-electron chi connectivity index (χ2n) is 12.9. The van der Waals surface area contributed by atoms with Gasteiger partial charge in [0.2, 0.25) is 23.5 Å². The van der Waals surface area contributed by atoms with Crippen molar-refractivity contribution >= 4 is 46.7 Å². The van der Waals surface area contributed by atoms with Crippen molar-refractivity contribution in [2.24, 2.45) is 17.0 Å². The number of nitrogens with zero attached hydrogens (tertiary/aromatic N) is 2. The molecule has 4 amide bonds. The van der Waals surface area contributed by atoms with Gasteiger partial charge in [0.05, 0.1) is 18.3 Å². The Morgan fingerprint density at radius 1 is 1.11 bits per heavy atom. The zero-order valence-corrected chi connectivity index (χ0v) is 26.9. The molecule has 2 heterocycles. The van der Waals surface area contributed by atoms with Crippen LogP contribution in [0.3, 0.4) is 0 Å². The second-order valence-corrected chi connectivity index (χ2v) is 13.4. The highest BCUT2D eigenvalue weighted by molar-refractivity contribution is 6.38. The van der Waals surface area contributed by atoms with E-state index in [4.69, 9.17) is 16.4 Å². The summed E-state index contributed by atoms with van der Waals surface area (Å²) in [7, 11) is 0. The van der Waals surface area contributed by atoms with Crippen LogP contribution in [0.4, 0.5) is 0 Å². The van der Waals surface area contributed by atoms with Gasteiger partial charge in [-0.2, -0.15) is 0 Å². The highest BCUT2D eigenvalue weighted by Crippen LogP contribution is 2.40. The molecule has 0 bridgehead atoms. The fraction of sp³-hybridized carbons (Fsp3) is 0.625. The maximum Gasteiger partial charge on any atom is 0.289 e. The van der Waals surface area contributed by atoms with Gasteiger partial charge in [-0.05, 0) is 51.2 Å². The first-order valence-corrected chi connectivity index (χ1v) is 16.0. The molecule has 240 valence electrons. The van der Waals surface area contributed by atoms with E-state index < -0.39 is 41.2 Å². The van der Waals surface area contributed by atoms with Gasteiger partial charge in [0, 0.05) is 47.9 Å². The zero-order chi connectivity index (χ0) is 32.2. The molecule has 11 nitrogen and oxygen atoms in total. The van der Waals surface area contributed by atoms with Crippen molar-refractivity contribution in [3.63, 3.8) is 0 Å². The topological polar surface area (TPSA) is 146 Å². The van der Waals surface area contributed by atoms with Crippen molar-refractivity contribution in [1.29, 1.82) is 0 Å². The first kappa shape index (κ1) is 33.4. The lowest BCUT2D eigenvalue weighted by atomic mass is 9.90. The van der Waals surface area contributed by atoms with Crippen molar-refractivity contribution < 1.29 is 28.8 Å². The van der Waals surface area contributed by atoms with Crippen LogP contribution in [-0.2, 0) is 28.8 Å². The van der Waals surface area contributed by atoms with Crippen LogP contribution < -0.4 is 16.0 Å². The lowest BCUT2D eigenvalue weighted by Crippen LogP contribution is -2.54. The monoisotopic (exact) mass is 629 g/mol. The van der Waals surface area contributed by atoms with Crippen LogP contribution in [0.25, 0.3) is 0 Å². The quantitative estimate of drug-likeness (QED) is 0.286. The number of ketones is 1. The van der Waals surface area contributed by atoms with Gasteiger partial charge >= 0.3 is 0 Å². The van der Waals surface area contributed by atoms with E-state index in [1.165, 1.54) is 4.90 Å². The Balaban J connectivity index is 1.58.